The van der Waals surface area contributed by atoms with E-state index in [0.29, 0.717) is 5.75 Å². The van der Waals surface area contributed by atoms with Crippen molar-refractivity contribution in [2.24, 2.45) is 0 Å². The summed E-state index contributed by atoms with van der Waals surface area (Å²) in [4.78, 5) is 0. The minimum atomic E-state index is -0.350. The Bertz CT molecular complexity index is 630. The van der Waals surface area contributed by atoms with Crippen molar-refractivity contribution in [2.75, 3.05) is 6.54 Å². The summed E-state index contributed by atoms with van der Waals surface area (Å²) < 4.78 is 21.0. The van der Waals surface area contributed by atoms with Gasteiger partial charge in [0, 0.05) is 16.1 Å². The first kappa shape index (κ1) is 16.0. The van der Waals surface area contributed by atoms with Gasteiger partial charge in [-0.25, -0.2) is 4.39 Å². The zero-order valence-corrected chi connectivity index (χ0v) is 14.0. The largest absolute Gasteiger partial charge is 0.454 e. The second-order valence-electron chi connectivity index (χ2n) is 4.95. The quantitative estimate of drug-likeness (QED) is 0.782. The molecule has 0 fully saturated rings. The molecule has 1 atom stereocenters. The van der Waals surface area contributed by atoms with Crippen molar-refractivity contribution in [3.8, 4) is 11.5 Å². The van der Waals surface area contributed by atoms with Gasteiger partial charge < -0.3 is 10.1 Å². The highest BCUT2D eigenvalue weighted by atomic mass is 79.9. The molecule has 0 spiro atoms. The van der Waals surface area contributed by atoms with E-state index in [1.165, 1.54) is 6.07 Å². The molecule has 2 nitrogen and oxygen atoms in total. The van der Waals surface area contributed by atoms with Crippen LogP contribution in [0.5, 0.6) is 11.5 Å². The summed E-state index contributed by atoms with van der Waals surface area (Å²) in [5.41, 5.74) is 1.78. The number of hydrogen-bond donors (Lipinski definition) is 1. The van der Waals surface area contributed by atoms with Crippen LogP contribution in [0.1, 0.15) is 31.0 Å². The third kappa shape index (κ3) is 3.83. The SMILES string of the molecule is CCNC(C)c1cccc(F)c1Oc1cc(Br)ccc1C. The van der Waals surface area contributed by atoms with E-state index in [0.717, 1.165) is 22.1 Å². The third-order valence-electron chi connectivity index (χ3n) is 3.34. The van der Waals surface area contributed by atoms with Crippen LogP contribution in [-0.4, -0.2) is 6.54 Å². The minimum absolute atomic E-state index is 0.0214. The first-order valence-corrected chi connectivity index (χ1v) is 7.78. The van der Waals surface area contributed by atoms with Gasteiger partial charge in [-0.05, 0) is 44.2 Å². The Morgan fingerprint density at radius 3 is 2.76 bits per heavy atom. The smallest absolute Gasteiger partial charge is 0.167 e. The molecule has 2 aromatic carbocycles. The lowest BCUT2D eigenvalue weighted by Gasteiger charge is -2.19. The molecule has 1 N–H and O–H groups in total. The Morgan fingerprint density at radius 2 is 2.05 bits per heavy atom. The monoisotopic (exact) mass is 351 g/mol. The molecule has 0 saturated heterocycles. The van der Waals surface area contributed by atoms with Gasteiger partial charge in [-0.2, -0.15) is 0 Å². The fourth-order valence-electron chi connectivity index (χ4n) is 2.18. The van der Waals surface area contributed by atoms with Gasteiger partial charge in [-0.15, -0.1) is 0 Å². The summed E-state index contributed by atoms with van der Waals surface area (Å²) in [5, 5.41) is 3.29. The van der Waals surface area contributed by atoms with Gasteiger partial charge in [-0.1, -0.05) is 41.1 Å². The molecule has 0 heterocycles. The number of para-hydroxylation sites is 1. The normalized spacial score (nSPS) is 12.2. The van der Waals surface area contributed by atoms with Gasteiger partial charge >= 0.3 is 0 Å². The number of rotatable bonds is 5. The van der Waals surface area contributed by atoms with Gasteiger partial charge in [0.25, 0.3) is 0 Å². The first-order chi connectivity index (χ1) is 10.0. The molecule has 0 amide bonds. The summed E-state index contributed by atoms with van der Waals surface area (Å²) in [6, 6.07) is 10.8. The van der Waals surface area contributed by atoms with Gasteiger partial charge in [-0.3, -0.25) is 0 Å². The molecule has 21 heavy (non-hydrogen) atoms. The minimum Gasteiger partial charge on any atom is -0.454 e. The van der Waals surface area contributed by atoms with E-state index in [9.17, 15) is 4.39 Å². The predicted molar refractivity (Wildman–Crippen MR) is 87.4 cm³/mol. The van der Waals surface area contributed by atoms with Crippen LogP contribution in [0.2, 0.25) is 0 Å². The van der Waals surface area contributed by atoms with Crippen molar-refractivity contribution in [1.82, 2.24) is 5.32 Å². The second kappa shape index (κ2) is 7.05. The van der Waals surface area contributed by atoms with Crippen molar-refractivity contribution >= 4 is 15.9 Å². The number of benzene rings is 2. The lowest BCUT2D eigenvalue weighted by atomic mass is 10.1. The fraction of sp³-hybridized carbons (Fsp3) is 0.294. The van der Waals surface area contributed by atoms with Crippen LogP contribution in [0.25, 0.3) is 0 Å². The van der Waals surface area contributed by atoms with Crippen molar-refractivity contribution < 1.29 is 9.13 Å². The van der Waals surface area contributed by atoms with Crippen molar-refractivity contribution in [2.45, 2.75) is 26.8 Å². The lowest BCUT2D eigenvalue weighted by molar-refractivity contribution is 0.424. The molecule has 0 bridgehead atoms. The Labute approximate surface area is 133 Å². The summed E-state index contributed by atoms with van der Waals surface area (Å²) in [6.07, 6.45) is 0. The lowest BCUT2D eigenvalue weighted by Crippen LogP contribution is -2.18. The molecule has 0 aliphatic heterocycles. The molecule has 0 aliphatic carbocycles. The Morgan fingerprint density at radius 1 is 1.29 bits per heavy atom. The average molecular weight is 352 g/mol. The van der Waals surface area contributed by atoms with Gasteiger partial charge in [0.15, 0.2) is 11.6 Å². The van der Waals surface area contributed by atoms with Gasteiger partial charge in [0.2, 0.25) is 0 Å². The van der Waals surface area contributed by atoms with Crippen LogP contribution >= 0.6 is 15.9 Å². The molecule has 0 radical (unpaired) electrons. The Balaban J connectivity index is 2.41. The molecule has 0 aliphatic rings. The molecular weight excluding hydrogens is 333 g/mol. The van der Waals surface area contributed by atoms with E-state index < -0.39 is 0 Å². The molecule has 1 unspecified atom stereocenters. The highest BCUT2D eigenvalue weighted by Gasteiger charge is 2.16. The zero-order valence-electron chi connectivity index (χ0n) is 12.4. The van der Waals surface area contributed by atoms with Crippen molar-refractivity contribution in [1.29, 1.82) is 0 Å². The summed E-state index contributed by atoms with van der Waals surface area (Å²) in [5.74, 6) is 0.586. The van der Waals surface area contributed by atoms with E-state index in [2.05, 4.69) is 21.2 Å². The number of hydrogen-bond acceptors (Lipinski definition) is 2. The summed E-state index contributed by atoms with van der Waals surface area (Å²) in [6.45, 7) is 6.77. The molecule has 0 aromatic heterocycles. The van der Waals surface area contributed by atoms with Crippen LogP contribution in [0.15, 0.2) is 40.9 Å². The second-order valence-corrected chi connectivity index (χ2v) is 5.87. The number of nitrogens with one attached hydrogen (secondary N) is 1. The van der Waals surface area contributed by atoms with Crippen LogP contribution in [0.4, 0.5) is 4.39 Å². The van der Waals surface area contributed by atoms with Crippen LogP contribution in [-0.2, 0) is 0 Å². The van der Waals surface area contributed by atoms with E-state index >= 15 is 0 Å². The van der Waals surface area contributed by atoms with E-state index in [-0.39, 0.29) is 17.6 Å². The highest BCUT2D eigenvalue weighted by molar-refractivity contribution is 9.10. The maximum Gasteiger partial charge on any atom is 0.167 e. The molecule has 112 valence electrons. The average Bonchev–Trinajstić information content (AvgIpc) is 2.45. The maximum atomic E-state index is 14.2. The van der Waals surface area contributed by atoms with Crippen molar-refractivity contribution in [3.63, 3.8) is 0 Å². The van der Waals surface area contributed by atoms with Crippen LogP contribution in [0, 0.1) is 12.7 Å². The zero-order chi connectivity index (χ0) is 15.4. The Hall–Kier alpha value is -1.39. The molecule has 0 saturated carbocycles. The topological polar surface area (TPSA) is 21.3 Å². The molecule has 4 heteroatoms. The standard InChI is InChI=1S/C17H19BrFNO/c1-4-20-12(3)14-6-5-7-15(19)17(14)21-16-10-13(18)9-8-11(16)2/h5-10,12,20H,4H2,1-3H3. The number of halogens is 2. The van der Waals surface area contributed by atoms with E-state index in [1.807, 2.05) is 45.0 Å². The molecular formula is C17H19BrFNO. The maximum absolute atomic E-state index is 14.2. The predicted octanol–water partition coefficient (Wildman–Crippen LogP) is 5.36. The fourth-order valence-corrected chi connectivity index (χ4v) is 2.52. The third-order valence-corrected chi connectivity index (χ3v) is 3.83. The van der Waals surface area contributed by atoms with Crippen LogP contribution in [0.3, 0.4) is 0 Å². The Kier molecular flexibility index (Phi) is 5.37. The first-order valence-electron chi connectivity index (χ1n) is 6.98. The van der Waals surface area contributed by atoms with E-state index in [1.54, 1.807) is 6.07 Å². The summed E-state index contributed by atoms with van der Waals surface area (Å²) >= 11 is 3.41. The van der Waals surface area contributed by atoms with Gasteiger partial charge in [0.05, 0.1) is 0 Å². The van der Waals surface area contributed by atoms with Crippen LogP contribution < -0.4 is 10.1 Å². The highest BCUT2D eigenvalue weighted by Crippen LogP contribution is 2.34. The summed E-state index contributed by atoms with van der Waals surface area (Å²) in [7, 11) is 0. The molecule has 2 aromatic rings. The number of ether oxygens (including phenoxy) is 1. The van der Waals surface area contributed by atoms with E-state index in [4.69, 9.17) is 4.74 Å². The van der Waals surface area contributed by atoms with Gasteiger partial charge in [0.1, 0.15) is 5.75 Å². The molecule has 2 rings (SSSR count). The van der Waals surface area contributed by atoms with Crippen molar-refractivity contribution in [3.05, 3.63) is 57.8 Å². The number of aryl methyl sites for hydroxylation is 1.